The molecule has 0 unspecified atom stereocenters. The first-order valence-corrected chi connectivity index (χ1v) is 8.67. The van der Waals surface area contributed by atoms with Gasteiger partial charge in [0.15, 0.2) is 5.96 Å². The minimum atomic E-state index is 0. The van der Waals surface area contributed by atoms with E-state index in [-0.39, 0.29) is 24.0 Å². The number of thiazole rings is 1. The summed E-state index contributed by atoms with van der Waals surface area (Å²) in [7, 11) is 5.90. The molecular weight excluding hydrogens is 489 g/mol. The number of aryl methyl sites for hydroxylation is 3. The van der Waals surface area contributed by atoms with E-state index >= 15 is 0 Å². The second-order valence-corrected chi connectivity index (χ2v) is 7.46. The maximum Gasteiger partial charge on any atom is 0.194 e. The average molecular weight is 512 g/mol. The molecule has 0 fully saturated rings. The summed E-state index contributed by atoms with van der Waals surface area (Å²) in [5, 5.41) is 4.51. The summed E-state index contributed by atoms with van der Waals surface area (Å²) in [6.07, 6.45) is 2.06. The predicted octanol–water partition coefficient (Wildman–Crippen LogP) is 3.69. The van der Waals surface area contributed by atoms with Crippen LogP contribution in [0.15, 0.2) is 21.7 Å². The lowest BCUT2D eigenvalue weighted by atomic mass is 10.4. The molecule has 2 rings (SSSR count). The van der Waals surface area contributed by atoms with E-state index in [9.17, 15) is 0 Å². The molecule has 128 valence electrons. The zero-order chi connectivity index (χ0) is 16.3. The van der Waals surface area contributed by atoms with Crippen LogP contribution in [-0.4, -0.2) is 34.5 Å². The molecule has 0 atom stereocenters. The molecule has 2 aromatic heterocycles. The molecule has 0 aromatic carbocycles. The zero-order valence-corrected chi connectivity index (χ0v) is 18.8. The van der Waals surface area contributed by atoms with Gasteiger partial charge in [0.25, 0.3) is 0 Å². The average Bonchev–Trinajstić information content (AvgIpc) is 2.92. The van der Waals surface area contributed by atoms with Crippen LogP contribution < -0.4 is 5.32 Å². The Balaban J connectivity index is 0.00000264. The van der Waals surface area contributed by atoms with Crippen LogP contribution in [0.1, 0.15) is 21.3 Å². The normalized spacial score (nSPS) is 11.3. The van der Waals surface area contributed by atoms with Gasteiger partial charge in [-0.05, 0) is 35.8 Å². The largest absolute Gasteiger partial charge is 0.352 e. The maximum absolute atomic E-state index is 4.46. The lowest BCUT2D eigenvalue weighted by molar-refractivity contribution is 0.462. The molecule has 0 bridgehead atoms. The molecule has 5 nitrogen and oxygen atoms in total. The summed E-state index contributed by atoms with van der Waals surface area (Å²) in [6.45, 7) is 5.64. The van der Waals surface area contributed by atoms with Crippen molar-refractivity contribution in [1.82, 2.24) is 19.8 Å². The van der Waals surface area contributed by atoms with Crippen molar-refractivity contribution in [3.8, 4) is 0 Å². The first kappa shape index (κ1) is 20.4. The van der Waals surface area contributed by atoms with Gasteiger partial charge >= 0.3 is 0 Å². The molecule has 0 aliphatic heterocycles. The Morgan fingerprint density at radius 1 is 1.48 bits per heavy atom. The Kier molecular flexibility index (Phi) is 8.02. The zero-order valence-electron chi connectivity index (χ0n) is 14.1. The standard InChI is InChI=1S/C15H22BrN5S.HI/c1-10-14(22-11(2)19-10)7-18-15(17-3)21(5)9-13-6-12(16)8-20(13)4;/h6,8H,7,9H2,1-5H3,(H,17,18);1H. The molecule has 0 aliphatic rings. The molecule has 1 N–H and O–H groups in total. The minimum Gasteiger partial charge on any atom is -0.352 e. The molecule has 0 saturated carbocycles. The van der Waals surface area contributed by atoms with E-state index in [0.29, 0.717) is 0 Å². The number of guanidine groups is 1. The summed E-state index contributed by atoms with van der Waals surface area (Å²) < 4.78 is 3.21. The van der Waals surface area contributed by atoms with Crippen molar-refractivity contribution in [3.63, 3.8) is 0 Å². The van der Waals surface area contributed by atoms with E-state index in [1.807, 2.05) is 28.1 Å². The summed E-state index contributed by atoms with van der Waals surface area (Å²) in [5.41, 5.74) is 2.32. The van der Waals surface area contributed by atoms with Gasteiger partial charge in [-0.2, -0.15) is 0 Å². The third-order valence-electron chi connectivity index (χ3n) is 3.45. The Morgan fingerprint density at radius 3 is 2.65 bits per heavy atom. The van der Waals surface area contributed by atoms with Gasteiger partial charge in [-0.25, -0.2) is 4.98 Å². The Morgan fingerprint density at radius 2 is 2.17 bits per heavy atom. The molecular formula is C15H23BrIN5S. The molecule has 8 heteroatoms. The van der Waals surface area contributed by atoms with E-state index in [1.165, 1.54) is 10.6 Å². The van der Waals surface area contributed by atoms with Crippen LogP contribution in [0.3, 0.4) is 0 Å². The number of aromatic nitrogens is 2. The van der Waals surface area contributed by atoms with Crippen LogP contribution in [0.2, 0.25) is 0 Å². The van der Waals surface area contributed by atoms with Crippen LogP contribution in [0, 0.1) is 13.8 Å². The van der Waals surface area contributed by atoms with Gasteiger partial charge in [0, 0.05) is 42.4 Å². The lowest BCUT2D eigenvalue weighted by Crippen LogP contribution is -2.38. The van der Waals surface area contributed by atoms with Crippen molar-refractivity contribution in [3.05, 3.63) is 38.0 Å². The Labute approximate surface area is 167 Å². The van der Waals surface area contributed by atoms with Crippen LogP contribution in [0.25, 0.3) is 0 Å². The van der Waals surface area contributed by atoms with Crippen molar-refractivity contribution in [2.24, 2.45) is 12.0 Å². The van der Waals surface area contributed by atoms with Crippen molar-refractivity contribution < 1.29 is 0 Å². The SMILES string of the molecule is CN=C(NCc1sc(C)nc1C)N(C)Cc1cc(Br)cn1C.I. The second kappa shape index (κ2) is 9.03. The summed E-state index contributed by atoms with van der Waals surface area (Å²) in [5.74, 6) is 0.878. The number of hydrogen-bond acceptors (Lipinski definition) is 3. The highest BCUT2D eigenvalue weighted by molar-refractivity contribution is 14.0. The van der Waals surface area contributed by atoms with Gasteiger partial charge in [-0.3, -0.25) is 4.99 Å². The van der Waals surface area contributed by atoms with Gasteiger partial charge in [-0.1, -0.05) is 0 Å². The summed E-state index contributed by atoms with van der Waals surface area (Å²) in [6, 6.07) is 2.13. The number of aliphatic imine (C=N–C) groups is 1. The van der Waals surface area contributed by atoms with Crippen molar-refractivity contribution in [2.75, 3.05) is 14.1 Å². The minimum absolute atomic E-state index is 0. The van der Waals surface area contributed by atoms with Crippen molar-refractivity contribution in [1.29, 1.82) is 0 Å². The van der Waals surface area contributed by atoms with E-state index in [0.717, 1.165) is 34.2 Å². The molecule has 0 saturated heterocycles. The molecule has 2 heterocycles. The number of halogens is 2. The Bertz CT molecular complexity index is 679. The van der Waals surface area contributed by atoms with E-state index < -0.39 is 0 Å². The predicted molar refractivity (Wildman–Crippen MR) is 112 cm³/mol. The highest BCUT2D eigenvalue weighted by atomic mass is 127. The molecule has 0 amide bonds. The van der Waals surface area contributed by atoms with Crippen LogP contribution >= 0.6 is 51.2 Å². The van der Waals surface area contributed by atoms with Crippen molar-refractivity contribution in [2.45, 2.75) is 26.9 Å². The molecule has 2 aromatic rings. The summed E-state index contributed by atoms with van der Waals surface area (Å²) >= 11 is 5.24. The number of hydrogen-bond donors (Lipinski definition) is 1. The number of nitrogens with one attached hydrogen (secondary N) is 1. The van der Waals surface area contributed by atoms with Gasteiger partial charge in [0.05, 0.1) is 23.8 Å². The van der Waals surface area contributed by atoms with E-state index in [1.54, 1.807) is 11.3 Å². The van der Waals surface area contributed by atoms with Gasteiger partial charge in [0.2, 0.25) is 0 Å². The number of rotatable bonds is 4. The highest BCUT2D eigenvalue weighted by Gasteiger charge is 2.11. The second-order valence-electron chi connectivity index (χ2n) is 5.26. The topological polar surface area (TPSA) is 45.5 Å². The van der Waals surface area contributed by atoms with Crippen molar-refractivity contribution >= 4 is 57.2 Å². The Hall–Kier alpha value is -0.610. The highest BCUT2D eigenvalue weighted by Crippen LogP contribution is 2.17. The third kappa shape index (κ3) is 5.46. The quantitative estimate of drug-likeness (QED) is 0.387. The molecule has 23 heavy (non-hydrogen) atoms. The van der Waals surface area contributed by atoms with Gasteiger partial charge in [-0.15, -0.1) is 35.3 Å². The van der Waals surface area contributed by atoms with E-state index in [2.05, 4.69) is 59.9 Å². The fraction of sp³-hybridized carbons (Fsp3) is 0.467. The van der Waals surface area contributed by atoms with E-state index in [4.69, 9.17) is 0 Å². The monoisotopic (exact) mass is 511 g/mol. The molecule has 0 radical (unpaired) electrons. The van der Waals surface area contributed by atoms with Gasteiger partial charge < -0.3 is 14.8 Å². The third-order valence-corrected chi connectivity index (χ3v) is 4.96. The first-order chi connectivity index (χ1) is 10.4. The van der Waals surface area contributed by atoms with Crippen LogP contribution in [0.4, 0.5) is 0 Å². The van der Waals surface area contributed by atoms with Gasteiger partial charge in [0.1, 0.15) is 0 Å². The fourth-order valence-electron chi connectivity index (χ4n) is 2.32. The van der Waals surface area contributed by atoms with Crippen LogP contribution in [0.5, 0.6) is 0 Å². The smallest absolute Gasteiger partial charge is 0.194 e. The molecule has 0 spiro atoms. The number of nitrogens with zero attached hydrogens (tertiary/aromatic N) is 4. The van der Waals surface area contributed by atoms with Crippen LogP contribution in [-0.2, 0) is 20.1 Å². The summed E-state index contributed by atoms with van der Waals surface area (Å²) in [4.78, 5) is 12.2. The lowest BCUT2D eigenvalue weighted by Gasteiger charge is -2.22. The maximum atomic E-state index is 4.46. The molecule has 0 aliphatic carbocycles. The first-order valence-electron chi connectivity index (χ1n) is 7.06. The fourth-order valence-corrected chi connectivity index (χ4v) is 3.77.